The number of nitrogens with two attached hydrogens (primary N) is 2. The fourth-order valence-corrected chi connectivity index (χ4v) is 7.28. The molecule has 0 spiro atoms. The van der Waals surface area contributed by atoms with Crippen LogP contribution in [0.15, 0.2) is 0 Å². The lowest BCUT2D eigenvalue weighted by molar-refractivity contribution is -0.154. The van der Waals surface area contributed by atoms with Crippen molar-refractivity contribution in [3.8, 4) is 0 Å². The summed E-state index contributed by atoms with van der Waals surface area (Å²) < 4.78 is 0. The molecule has 0 amide bonds. The van der Waals surface area contributed by atoms with Crippen molar-refractivity contribution in [1.82, 2.24) is 0 Å². The summed E-state index contributed by atoms with van der Waals surface area (Å²) in [5.41, 5.74) is 13.2. The minimum atomic E-state index is -0.297. The van der Waals surface area contributed by atoms with Gasteiger partial charge in [-0.05, 0) is 68.6 Å². The van der Waals surface area contributed by atoms with Gasteiger partial charge >= 0.3 is 0 Å². The number of fused-ring (bicyclic) bond motifs is 5. The van der Waals surface area contributed by atoms with E-state index < -0.39 is 0 Å². The average molecular weight is 320 g/mol. The predicted octanol–water partition coefficient (Wildman–Crippen LogP) is 2.12. The average Bonchev–Trinajstić information content (AvgIpc) is 2.78. The standard InChI is InChI=1S/C19H32N2O2/c1-16-7-6-14-17(2)8-5-12(22)11-18(17,20)9-10-19(14,21)13(16)3-4-15(16)23/h12-14,22H,3-11,20-21H2,1-2H3/t12?,13-,14-,16+,17-,18-,19-/m1/s1. The van der Waals surface area contributed by atoms with E-state index in [1.165, 1.54) is 0 Å². The van der Waals surface area contributed by atoms with Gasteiger partial charge < -0.3 is 16.6 Å². The minimum absolute atomic E-state index is 0.00774. The Kier molecular flexibility index (Phi) is 3.20. The van der Waals surface area contributed by atoms with Gasteiger partial charge in [-0.3, -0.25) is 4.79 Å². The Bertz CT molecular complexity index is 551. The Morgan fingerprint density at radius 2 is 1.74 bits per heavy atom. The molecular formula is C19H32N2O2. The van der Waals surface area contributed by atoms with Crippen LogP contribution >= 0.6 is 0 Å². The summed E-state index contributed by atoms with van der Waals surface area (Å²) >= 11 is 0. The van der Waals surface area contributed by atoms with Crippen LogP contribution < -0.4 is 11.5 Å². The summed E-state index contributed by atoms with van der Waals surface area (Å²) in [5.74, 6) is 1.12. The van der Waals surface area contributed by atoms with Gasteiger partial charge in [0.2, 0.25) is 0 Å². The fourth-order valence-electron chi connectivity index (χ4n) is 7.28. The zero-order valence-electron chi connectivity index (χ0n) is 14.6. The molecule has 1 unspecified atom stereocenters. The topological polar surface area (TPSA) is 89.3 Å². The number of hydrogen-bond donors (Lipinski definition) is 3. The maximum atomic E-state index is 12.5. The smallest absolute Gasteiger partial charge is 0.139 e. The van der Waals surface area contributed by atoms with Gasteiger partial charge in [0.25, 0.3) is 0 Å². The monoisotopic (exact) mass is 320 g/mol. The molecule has 0 saturated heterocycles. The fraction of sp³-hybridized carbons (Fsp3) is 0.947. The maximum Gasteiger partial charge on any atom is 0.139 e. The highest BCUT2D eigenvalue weighted by atomic mass is 16.3. The molecule has 5 N–H and O–H groups in total. The van der Waals surface area contributed by atoms with Gasteiger partial charge in [-0.1, -0.05) is 13.8 Å². The predicted molar refractivity (Wildman–Crippen MR) is 89.6 cm³/mol. The van der Waals surface area contributed by atoms with Gasteiger partial charge in [0.15, 0.2) is 0 Å². The third-order valence-electron chi connectivity index (χ3n) is 8.82. The lowest BCUT2D eigenvalue weighted by Crippen LogP contribution is -2.75. The van der Waals surface area contributed by atoms with Crippen molar-refractivity contribution >= 4 is 5.78 Å². The molecule has 23 heavy (non-hydrogen) atoms. The summed E-state index contributed by atoms with van der Waals surface area (Å²) in [6.45, 7) is 4.48. The molecule has 4 heteroatoms. The van der Waals surface area contributed by atoms with Gasteiger partial charge in [0.1, 0.15) is 5.78 Å². The van der Waals surface area contributed by atoms with E-state index in [2.05, 4.69) is 13.8 Å². The third-order valence-corrected chi connectivity index (χ3v) is 8.82. The van der Waals surface area contributed by atoms with E-state index in [4.69, 9.17) is 11.5 Å². The first-order chi connectivity index (χ1) is 10.7. The Hall–Kier alpha value is -0.450. The van der Waals surface area contributed by atoms with Gasteiger partial charge in [0.05, 0.1) is 6.10 Å². The number of carbonyl (C=O) groups is 1. The number of aliphatic hydroxyl groups excluding tert-OH is 1. The largest absolute Gasteiger partial charge is 0.393 e. The van der Waals surface area contributed by atoms with E-state index in [1.54, 1.807) is 0 Å². The first kappa shape index (κ1) is 16.0. The highest BCUT2D eigenvalue weighted by Gasteiger charge is 2.68. The minimum Gasteiger partial charge on any atom is -0.393 e. The number of ketones is 1. The molecule has 4 saturated carbocycles. The quantitative estimate of drug-likeness (QED) is 0.638. The van der Waals surface area contributed by atoms with Gasteiger partial charge in [-0.25, -0.2) is 0 Å². The van der Waals surface area contributed by atoms with Crippen molar-refractivity contribution in [2.75, 3.05) is 0 Å². The molecule has 4 aliphatic carbocycles. The van der Waals surface area contributed by atoms with E-state index in [-0.39, 0.29) is 28.0 Å². The maximum absolute atomic E-state index is 12.5. The summed E-state index contributed by atoms with van der Waals surface area (Å²) in [6.07, 6.45) is 7.67. The van der Waals surface area contributed by atoms with Gasteiger partial charge in [-0.15, -0.1) is 0 Å². The Morgan fingerprint density at radius 3 is 2.48 bits per heavy atom. The van der Waals surface area contributed by atoms with E-state index in [9.17, 15) is 9.90 Å². The van der Waals surface area contributed by atoms with E-state index >= 15 is 0 Å². The number of rotatable bonds is 0. The molecule has 130 valence electrons. The van der Waals surface area contributed by atoms with Gasteiger partial charge in [-0.2, -0.15) is 0 Å². The van der Waals surface area contributed by atoms with Crippen LogP contribution in [0.25, 0.3) is 0 Å². The van der Waals surface area contributed by atoms with Crippen LogP contribution in [-0.2, 0) is 4.79 Å². The van der Waals surface area contributed by atoms with Crippen LogP contribution in [0.4, 0.5) is 0 Å². The number of carbonyl (C=O) groups excluding carboxylic acids is 1. The molecule has 4 fully saturated rings. The zero-order valence-corrected chi connectivity index (χ0v) is 14.6. The van der Waals surface area contributed by atoms with Crippen LogP contribution in [0, 0.1) is 22.7 Å². The van der Waals surface area contributed by atoms with Gasteiger partial charge in [0, 0.05) is 22.9 Å². The lowest BCUT2D eigenvalue weighted by Gasteiger charge is -2.67. The SMILES string of the molecule is C[C@]12CC[C@H]3[C@@](N)(CC[C@@]4(N)CC(O)CC[C@]34C)[C@@H]1CCC2=O. The Morgan fingerprint density at radius 1 is 1.00 bits per heavy atom. The molecular weight excluding hydrogens is 288 g/mol. The Balaban J connectivity index is 1.75. The lowest BCUT2D eigenvalue weighted by atomic mass is 9.40. The van der Waals surface area contributed by atoms with Crippen molar-refractivity contribution in [3.63, 3.8) is 0 Å². The van der Waals surface area contributed by atoms with Crippen molar-refractivity contribution in [2.24, 2.45) is 34.1 Å². The molecule has 0 aromatic carbocycles. The second-order valence-electron chi connectivity index (χ2n) is 9.61. The Labute approximate surface area is 139 Å². The van der Waals surface area contributed by atoms with Crippen molar-refractivity contribution < 1.29 is 9.90 Å². The molecule has 0 radical (unpaired) electrons. The highest BCUT2D eigenvalue weighted by molar-refractivity contribution is 5.87. The van der Waals surface area contributed by atoms with Crippen LogP contribution in [-0.4, -0.2) is 28.1 Å². The van der Waals surface area contributed by atoms with Crippen molar-refractivity contribution in [2.45, 2.75) is 88.8 Å². The summed E-state index contributed by atoms with van der Waals surface area (Å²) in [6, 6.07) is 0. The summed E-state index contributed by atoms with van der Waals surface area (Å²) in [7, 11) is 0. The summed E-state index contributed by atoms with van der Waals surface area (Å²) in [5, 5.41) is 10.2. The molecule has 4 aliphatic rings. The van der Waals surface area contributed by atoms with E-state index in [0.717, 1.165) is 44.9 Å². The molecule has 0 aliphatic heterocycles. The molecule has 0 heterocycles. The number of aliphatic hydroxyl groups is 1. The first-order valence-electron chi connectivity index (χ1n) is 9.45. The van der Waals surface area contributed by atoms with E-state index in [1.807, 2.05) is 0 Å². The second kappa shape index (κ2) is 4.59. The normalized spacial score (nSPS) is 59.2. The van der Waals surface area contributed by atoms with Crippen LogP contribution in [0.1, 0.15) is 71.6 Å². The molecule has 0 bridgehead atoms. The number of hydrogen-bond acceptors (Lipinski definition) is 4. The molecule has 4 nitrogen and oxygen atoms in total. The third kappa shape index (κ3) is 1.81. The second-order valence-corrected chi connectivity index (χ2v) is 9.61. The van der Waals surface area contributed by atoms with Crippen LogP contribution in [0.3, 0.4) is 0 Å². The summed E-state index contributed by atoms with van der Waals surface area (Å²) in [4.78, 5) is 12.5. The highest BCUT2D eigenvalue weighted by Crippen LogP contribution is 2.66. The van der Waals surface area contributed by atoms with Crippen LogP contribution in [0.5, 0.6) is 0 Å². The van der Waals surface area contributed by atoms with Crippen molar-refractivity contribution in [3.05, 3.63) is 0 Å². The van der Waals surface area contributed by atoms with Crippen LogP contribution in [0.2, 0.25) is 0 Å². The molecule has 0 aromatic rings. The number of Topliss-reactive ketones (excluding diaryl/α,β-unsaturated/α-hetero) is 1. The zero-order chi connectivity index (χ0) is 16.7. The molecule has 7 atom stereocenters. The first-order valence-corrected chi connectivity index (χ1v) is 9.45. The molecule has 4 rings (SSSR count). The van der Waals surface area contributed by atoms with Crippen molar-refractivity contribution in [1.29, 1.82) is 0 Å². The van der Waals surface area contributed by atoms with E-state index in [0.29, 0.717) is 30.5 Å². The molecule has 0 aromatic heterocycles.